The van der Waals surface area contributed by atoms with Crippen molar-refractivity contribution in [2.45, 2.75) is 26.1 Å². The summed E-state index contributed by atoms with van der Waals surface area (Å²) in [6.07, 6.45) is 0.610. The second-order valence-corrected chi connectivity index (χ2v) is 7.59. The molecule has 0 bridgehead atoms. The van der Waals surface area contributed by atoms with Crippen LogP contribution in [-0.2, 0) is 13.0 Å². The molecule has 2 N–H and O–H groups in total. The summed E-state index contributed by atoms with van der Waals surface area (Å²) in [5, 5.41) is 7.54. The molecule has 138 valence electrons. The average molecular weight is 373 g/mol. The Morgan fingerprint density at radius 1 is 1.27 bits per heavy atom. The fourth-order valence-corrected chi connectivity index (χ4v) is 4.97. The van der Waals surface area contributed by atoms with Gasteiger partial charge >= 0.3 is 0 Å². The van der Waals surface area contributed by atoms with Crippen LogP contribution in [0.5, 0.6) is 11.5 Å². The van der Waals surface area contributed by atoms with Crippen molar-refractivity contribution in [2.75, 3.05) is 32.6 Å². The first-order chi connectivity index (χ1) is 12.6. The van der Waals surface area contributed by atoms with E-state index in [4.69, 9.17) is 9.47 Å². The minimum atomic E-state index is -0.321. The maximum atomic E-state index is 12.9. The summed E-state index contributed by atoms with van der Waals surface area (Å²) in [6.45, 7) is 5.15. The molecule has 0 saturated carbocycles. The van der Waals surface area contributed by atoms with E-state index in [-0.39, 0.29) is 12.1 Å². The second-order valence-electron chi connectivity index (χ2n) is 6.49. The molecule has 0 fully saturated rings. The van der Waals surface area contributed by atoms with Crippen LogP contribution in [0.3, 0.4) is 0 Å². The van der Waals surface area contributed by atoms with Crippen molar-refractivity contribution < 1.29 is 14.3 Å². The monoisotopic (exact) mass is 373 g/mol. The van der Waals surface area contributed by atoms with Crippen LogP contribution in [0, 0.1) is 0 Å². The van der Waals surface area contributed by atoms with Crippen LogP contribution in [0.4, 0.5) is 5.00 Å². The molecular formula is C19H23N3O3S. The number of nitrogens with zero attached hydrogens (tertiary/aromatic N) is 1. The van der Waals surface area contributed by atoms with Crippen molar-refractivity contribution in [1.82, 2.24) is 10.2 Å². The van der Waals surface area contributed by atoms with Crippen LogP contribution in [0.2, 0.25) is 0 Å². The number of nitrogens with one attached hydrogen (secondary N) is 2. The van der Waals surface area contributed by atoms with Crippen LogP contribution in [0.15, 0.2) is 18.2 Å². The number of anilines is 1. The van der Waals surface area contributed by atoms with Crippen molar-refractivity contribution in [3.05, 3.63) is 39.8 Å². The molecule has 1 aromatic carbocycles. The number of carbonyl (C=O) groups excluding carboxylic acids is 1. The molecule has 6 nitrogen and oxygen atoms in total. The average Bonchev–Trinajstić information content (AvgIpc) is 3.05. The van der Waals surface area contributed by atoms with Gasteiger partial charge in [0.25, 0.3) is 5.91 Å². The van der Waals surface area contributed by atoms with Crippen molar-refractivity contribution in [3.8, 4) is 11.5 Å². The first kappa shape index (κ1) is 17.2. The molecule has 3 heterocycles. The first-order valence-corrected chi connectivity index (χ1v) is 9.62. The Balaban J connectivity index is 1.67. The summed E-state index contributed by atoms with van der Waals surface area (Å²) < 4.78 is 10.8. The summed E-state index contributed by atoms with van der Waals surface area (Å²) in [5.74, 6) is 1.40. The van der Waals surface area contributed by atoms with E-state index in [1.54, 1.807) is 25.6 Å². The number of ether oxygens (including phenoxy) is 2. The lowest BCUT2D eigenvalue weighted by atomic mass is 10.00. The van der Waals surface area contributed by atoms with Gasteiger partial charge in [-0.3, -0.25) is 9.69 Å². The molecule has 0 spiro atoms. The Bertz CT molecular complexity index is 849. The molecule has 0 saturated heterocycles. The van der Waals surface area contributed by atoms with Gasteiger partial charge in [0.2, 0.25) is 0 Å². The van der Waals surface area contributed by atoms with Gasteiger partial charge in [-0.25, -0.2) is 0 Å². The standard InChI is InChI=1S/C19H23N3O3S/c1-4-22-8-7-13-15(10-22)26-19-16(13)18(23)20-17(21-19)12-6-5-11(24-2)9-14(12)25-3/h5-6,9,17,21H,4,7-8,10H2,1-3H3,(H,20,23)/t17-/m1/s1. The van der Waals surface area contributed by atoms with Gasteiger partial charge in [0.15, 0.2) is 0 Å². The molecule has 2 aliphatic heterocycles. The lowest BCUT2D eigenvalue weighted by Crippen LogP contribution is -2.39. The normalized spacial score (nSPS) is 19.2. The molecule has 4 rings (SSSR count). The van der Waals surface area contributed by atoms with Gasteiger partial charge in [-0.15, -0.1) is 11.3 Å². The molecule has 7 heteroatoms. The Labute approximate surface area is 157 Å². The summed E-state index contributed by atoms with van der Waals surface area (Å²) in [6, 6.07) is 5.63. The molecule has 1 atom stereocenters. The second kappa shape index (κ2) is 6.81. The number of rotatable bonds is 4. The Morgan fingerprint density at radius 3 is 2.85 bits per heavy atom. The van der Waals surface area contributed by atoms with Crippen LogP contribution in [0.1, 0.15) is 39.5 Å². The maximum Gasteiger partial charge on any atom is 0.256 e. The SMILES string of the molecule is CCN1CCc2c(sc3c2C(=O)N[C@@H](c2ccc(OC)cc2OC)N3)C1. The maximum absolute atomic E-state index is 12.9. The highest BCUT2D eigenvalue weighted by molar-refractivity contribution is 7.16. The number of carbonyl (C=O) groups is 1. The molecule has 0 radical (unpaired) electrons. The van der Waals surface area contributed by atoms with Crippen molar-refractivity contribution in [3.63, 3.8) is 0 Å². The van der Waals surface area contributed by atoms with Gasteiger partial charge in [0, 0.05) is 29.6 Å². The van der Waals surface area contributed by atoms with Crippen molar-refractivity contribution in [1.29, 1.82) is 0 Å². The number of likely N-dealkylation sites (N-methyl/N-ethyl adjacent to an activating group) is 1. The fraction of sp³-hybridized carbons (Fsp3) is 0.421. The number of methoxy groups -OCH3 is 2. The number of thiophene rings is 1. The van der Waals surface area contributed by atoms with Gasteiger partial charge in [0.1, 0.15) is 22.7 Å². The number of benzene rings is 1. The highest BCUT2D eigenvalue weighted by atomic mass is 32.1. The highest BCUT2D eigenvalue weighted by Crippen LogP contribution is 2.42. The van der Waals surface area contributed by atoms with Crippen molar-refractivity contribution in [2.24, 2.45) is 0 Å². The minimum Gasteiger partial charge on any atom is -0.497 e. The van der Waals surface area contributed by atoms with E-state index < -0.39 is 0 Å². The fourth-order valence-electron chi connectivity index (χ4n) is 3.65. The van der Waals surface area contributed by atoms with E-state index in [0.717, 1.165) is 47.9 Å². The van der Waals surface area contributed by atoms with E-state index >= 15 is 0 Å². The summed E-state index contributed by atoms with van der Waals surface area (Å²) >= 11 is 1.70. The van der Waals surface area contributed by atoms with Crippen LogP contribution in [0.25, 0.3) is 0 Å². The third kappa shape index (κ3) is 2.81. The van der Waals surface area contributed by atoms with Crippen LogP contribution in [-0.4, -0.2) is 38.1 Å². The smallest absolute Gasteiger partial charge is 0.256 e. The summed E-state index contributed by atoms with van der Waals surface area (Å²) in [7, 11) is 3.24. The van der Waals surface area contributed by atoms with E-state index in [0.29, 0.717) is 5.75 Å². The third-order valence-corrected chi connectivity index (χ3v) is 6.26. The van der Waals surface area contributed by atoms with Gasteiger partial charge in [-0.1, -0.05) is 6.92 Å². The highest BCUT2D eigenvalue weighted by Gasteiger charge is 2.34. The van der Waals surface area contributed by atoms with E-state index in [1.165, 1.54) is 10.4 Å². The molecule has 0 unspecified atom stereocenters. The predicted molar refractivity (Wildman–Crippen MR) is 102 cm³/mol. The largest absolute Gasteiger partial charge is 0.497 e. The van der Waals surface area contributed by atoms with Gasteiger partial charge in [-0.2, -0.15) is 0 Å². The van der Waals surface area contributed by atoms with Crippen molar-refractivity contribution >= 4 is 22.2 Å². The van der Waals surface area contributed by atoms with E-state index in [2.05, 4.69) is 22.5 Å². The topological polar surface area (TPSA) is 62.8 Å². The molecule has 2 aromatic rings. The Hall–Kier alpha value is -2.25. The molecular weight excluding hydrogens is 350 g/mol. The number of amides is 1. The summed E-state index contributed by atoms with van der Waals surface area (Å²) in [5.41, 5.74) is 2.91. The van der Waals surface area contributed by atoms with Crippen LogP contribution < -0.4 is 20.1 Å². The third-order valence-electron chi connectivity index (χ3n) is 5.11. The number of fused-ring (bicyclic) bond motifs is 3. The zero-order valence-corrected chi connectivity index (χ0v) is 16.0. The van der Waals surface area contributed by atoms with E-state index in [1.807, 2.05) is 18.2 Å². The molecule has 1 amide bonds. The summed E-state index contributed by atoms with van der Waals surface area (Å²) in [4.78, 5) is 16.6. The number of hydrogen-bond donors (Lipinski definition) is 2. The Morgan fingerprint density at radius 2 is 2.12 bits per heavy atom. The predicted octanol–water partition coefficient (Wildman–Crippen LogP) is 3.00. The lowest BCUT2D eigenvalue weighted by molar-refractivity contribution is 0.0934. The van der Waals surface area contributed by atoms with Gasteiger partial charge in [0.05, 0.1) is 19.8 Å². The Kier molecular flexibility index (Phi) is 4.50. The van der Waals surface area contributed by atoms with Gasteiger partial charge in [-0.05, 0) is 30.7 Å². The number of hydrogen-bond acceptors (Lipinski definition) is 6. The van der Waals surface area contributed by atoms with E-state index in [9.17, 15) is 4.79 Å². The van der Waals surface area contributed by atoms with Crippen LogP contribution >= 0.6 is 11.3 Å². The zero-order chi connectivity index (χ0) is 18.3. The molecule has 2 aliphatic rings. The lowest BCUT2D eigenvalue weighted by Gasteiger charge is -2.28. The first-order valence-electron chi connectivity index (χ1n) is 8.80. The quantitative estimate of drug-likeness (QED) is 0.863. The zero-order valence-electron chi connectivity index (χ0n) is 15.2. The molecule has 26 heavy (non-hydrogen) atoms. The molecule has 0 aliphatic carbocycles. The minimum absolute atomic E-state index is 0.0101. The van der Waals surface area contributed by atoms with Gasteiger partial charge < -0.3 is 20.1 Å². The molecule has 1 aromatic heterocycles.